The predicted octanol–water partition coefficient (Wildman–Crippen LogP) is 5.28. The van der Waals surface area contributed by atoms with Crippen LogP contribution < -0.4 is 20.1 Å². The van der Waals surface area contributed by atoms with Crippen molar-refractivity contribution >= 4 is 40.1 Å². The molecule has 0 bridgehead atoms. The minimum absolute atomic E-state index is 0.308. The monoisotopic (exact) mass is 476 g/mol. The average Bonchev–Trinajstić information content (AvgIpc) is 3.27. The van der Waals surface area contributed by atoms with Gasteiger partial charge in [0.2, 0.25) is 5.96 Å². The molecule has 0 unspecified atom stereocenters. The lowest BCUT2D eigenvalue weighted by Crippen LogP contribution is -2.36. The minimum Gasteiger partial charge on any atom is -0.497 e. The van der Waals surface area contributed by atoms with Crippen molar-refractivity contribution in [2.45, 2.75) is 6.42 Å². The number of nitrogens with zero attached hydrogens (tertiary/aromatic N) is 1. The fourth-order valence-corrected chi connectivity index (χ4v) is 3.82. The highest BCUT2D eigenvalue weighted by Crippen LogP contribution is 2.27. The maximum Gasteiger partial charge on any atom is 0.258 e. The number of ether oxygens (including phenoxy) is 2. The summed E-state index contributed by atoms with van der Waals surface area (Å²) in [5.41, 5.74) is 3.37. The summed E-state index contributed by atoms with van der Waals surface area (Å²) in [6, 6.07) is 20.3. The standard InChI is InChI=1S/C26H25ClN4O3/c1-33-20-7-5-6-17(14-20)25(32)31-26(30-19-10-11-24(34-2)22(27)15-19)28-13-12-18-16-29-23-9-4-3-8-21(18)23/h3-11,14-16,29H,12-13H2,1-2H3,(H2,28,30,31,32). The van der Waals surface area contributed by atoms with Crippen molar-refractivity contribution in [2.24, 2.45) is 4.99 Å². The molecule has 0 aliphatic rings. The molecule has 0 spiro atoms. The molecule has 4 aromatic rings. The number of aliphatic imine (C=N–C) groups is 1. The zero-order valence-electron chi connectivity index (χ0n) is 18.9. The van der Waals surface area contributed by atoms with Gasteiger partial charge in [-0.15, -0.1) is 0 Å². The second-order valence-corrected chi connectivity index (χ2v) is 7.91. The van der Waals surface area contributed by atoms with Gasteiger partial charge in [-0.25, -0.2) is 0 Å². The summed E-state index contributed by atoms with van der Waals surface area (Å²) in [5.74, 6) is 1.16. The molecule has 3 N–H and O–H groups in total. The average molecular weight is 477 g/mol. The van der Waals surface area contributed by atoms with Crippen molar-refractivity contribution in [2.75, 3.05) is 26.1 Å². The molecule has 0 saturated carbocycles. The highest BCUT2D eigenvalue weighted by Gasteiger charge is 2.12. The van der Waals surface area contributed by atoms with E-state index >= 15 is 0 Å². The van der Waals surface area contributed by atoms with Gasteiger partial charge in [0.1, 0.15) is 11.5 Å². The van der Waals surface area contributed by atoms with E-state index < -0.39 is 0 Å². The maximum atomic E-state index is 12.9. The van der Waals surface area contributed by atoms with Crippen molar-refractivity contribution < 1.29 is 14.3 Å². The van der Waals surface area contributed by atoms with E-state index in [1.165, 1.54) is 0 Å². The molecule has 34 heavy (non-hydrogen) atoms. The van der Waals surface area contributed by atoms with Crippen LogP contribution in [0.2, 0.25) is 5.02 Å². The van der Waals surface area contributed by atoms with Crippen LogP contribution in [0.1, 0.15) is 15.9 Å². The number of carbonyl (C=O) groups is 1. The van der Waals surface area contributed by atoms with Crippen molar-refractivity contribution in [1.82, 2.24) is 10.3 Å². The van der Waals surface area contributed by atoms with Gasteiger partial charge < -0.3 is 19.8 Å². The van der Waals surface area contributed by atoms with E-state index in [1.54, 1.807) is 56.7 Å². The Morgan fingerprint density at radius 3 is 2.68 bits per heavy atom. The van der Waals surface area contributed by atoms with Crippen LogP contribution in [-0.2, 0) is 6.42 Å². The number of anilines is 1. The van der Waals surface area contributed by atoms with Crippen molar-refractivity contribution in [3.63, 3.8) is 0 Å². The number of aromatic amines is 1. The number of H-pyrrole nitrogens is 1. The van der Waals surface area contributed by atoms with Crippen molar-refractivity contribution in [3.05, 3.63) is 89.1 Å². The smallest absolute Gasteiger partial charge is 0.258 e. The maximum absolute atomic E-state index is 12.9. The lowest BCUT2D eigenvalue weighted by Gasteiger charge is -2.13. The Morgan fingerprint density at radius 1 is 1.03 bits per heavy atom. The van der Waals surface area contributed by atoms with Gasteiger partial charge in [0.05, 0.1) is 19.2 Å². The zero-order valence-corrected chi connectivity index (χ0v) is 19.6. The van der Waals surface area contributed by atoms with Crippen LogP contribution >= 0.6 is 11.6 Å². The Hall–Kier alpha value is -3.97. The summed E-state index contributed by atoms with van der Waals surface area (Å²) >= 11 is 6.27. The number of methoxy groups -OCH3 is 2. The fraction of sp³-hybridized carbons (Fsp3) is 0.154. The SMILES string of the molecule is COc1cccc(C(=O)NC(=NCCc2c[nH]c3ccccc23)Nc2ccc(OC)c(Cl)c2)c1. The number of amides is 1. The van der Waals surface area contributed by atoms with Gasteiger partial charge >= 0.3 is 0 Å². The molecule has 0 atom stereocenters. The summed E-state index contributed by atoms with van der Waals surface area (Å²) < 4.78 is 10.4. The minimum atomic E-state index is -0.308. The number of nitrogens with one attached hydrogen (secondary N) is 3. The summed E-state index contributed by atoms with van der Waals surface area (Å²) in [5, 5.41) is 7.63. The molecule has 0 radical (unpaired) electrons. The first kappa shape index (κ1) is 23.2. The molecule has 174 valence electrons. The first-order chi connectivity index (χ1) is 16.6. The number of benzene rings is 3. The molecule has 0 aliphatic carbocycles. The molecule has 1 heterocycles. The van der Waals surface area contributed by atoms with Crippen molar-refractivity contribution in [3.8, 4) is 11.5 Å². The number of rotatable bonds is 7. The molecule has 4 rings (SSSR count). The van der Waals surface area contributed by atoms with Gasteiger partial charge in [-0.05, 0) is 54.4 Å². The van der Waals surface area contributed by atoms with E-state index in [1.807, 2.05) is 24.4 Å². The predicted molar refractivity (Wildman–Crippen MR) is 136 cm³/mol. The summed E-state index contributed by atoms with van der Waals surface area (Å²) in [6.07, 6.45) is 2.69. The van der Waals surface area contributed by atoms with Gasteiger partial charge in [-0.1, -0.05) is 35.9 Å². The van der Waals surface area contributed by atoms with E-state index in [0.29, 0.717) is 46.7 Å². The molecule has 0 saturated heterocycles. The van der Waals surface area contributed by atoms with Crippen LogP contribution in [-0.4, -0.2) is 37.6 Å². The van der Waals surface area contributed by atoms with Gasteiger partial charge in [0, 0.05) is 34.9 Å². The third-order valence-electron chi connectivity index (χ3n) is 5.30. The van der Waals surface area contributed by atoms with Crippen LogP contribution in [0.3, 0.4) is 0 Å². The molecule has 1 amide bonds. The molecule has 0 fully saturated rings. The first-order valence-corrected chi connectivity index (χ1v) is 11.1. The Bertz CT molecular complexity index is 1330. The number of halogens is 1. The Kier molecular flexibility index (Phi) is 7.34. The number of aromatic nitrogens is 1. The van der Waals surface area contributed by atoms with Crippen molar-refractivity contribution in [1.29, 1.82) is 0 Å². The lowest BCUT2D eigenvalue weighted by molar-refractivity contribution is 0.0976. The van der Waals surface area contributed by atoms with Gasteiger partial charge in [0.15, 0.2) is 0 Å². The number of guanidine groups is 1. The topological polar surface area (TPSA) is 87.7 Å². The molecule has 7 nitrogen and oxygen atoms in total. The highest BCUT2D eigenvalue weighted by molar-refractivity contribution is 6.32. The van der Waals surface area contributed by atoms with Gasteiger partial charge in [-0.2, -0.15) is 0 Å². The molecule has 8 heteroatoms. The Balaban J connectivity index is 1.54. The summed E-state index contributed by atoms with van der Waals surface area (Å²) in [6.45, 7) is 0.465. The molecule has 0 aliphatic heterocycles. The van der Waals surface area contributed by atoms with Crippen LogP contribution in [0.15, 0.2) is 77.9 Å². The molecular weight excluding hydrogens is 452 g/mol. The highest BCUT2D eigenvalue weighted by atomic mass is 35.5. The van der Waals surface area contributed by atoms with Gasteiger partial charge in [-0.3, -0.25) is 15.1 Å². The van der Waals surface area contributed by atoms with Crippen LogP contribution in [0.25, 0.3) is 10.9 Å². The van der Waals surface area contributed by atoms with E-state index in [4.69, 9.17) is 21.1 Å². The quantitative estimate of drug-likeness (QED) is 0.250. The number of carbonyl (C=O) groups excluding carboxylic acids is 1. The Morgan fingerprint density at radius 2 is 1.88 bits per heavy atom. The Labute approximate surface area is 202 Å². The van der Waals surface area contributed by atoms with E-state index in [-0.39, 0.29) is 5.91 Å². The van der Waals surface area contributed by atoms with Crippen LogP contribution in [0.5, 0.6) is 11.5 Å². The van der Waals surface area contributed by atoms with Crippen LogP contribution in [0.4, 0.5) is 5.69 Å². The van der Waals surface area contributed by atoms with E-state index in [0.717, 1.165) is 16.5 Å². The summed E-state index contributed by atoms with van der Waals surface area (Å²) in [7, 11) is 3.11. The molecule has 1 aromatic heterocycles. The third-order valence-corrected chi connectivity index (χ3v) is 5.60. The molecule has 3 aromatic carbocycles. The van der Waals surface area contributed by atoms with E-state index in [9.17, 15) is 4.79 Å². The normalized spacial score (nSPS) is 11.3. The first-order valence-electron chi connectivity index (χ1n) is 10.7. The summed E-state index contributed by atoms with van der Waals surface area (Å²) in [4.78, 5) is 20.8. The number of para-hydroxylation sites is 1. The molecular formula is C26H25ClN4O3. The fourth-order valence-electron chi connectivity index (χ4n) is 3.56. The largest absolute Gasteiger partial charge is 0.497 e. The van der Waals surface area contributed by atoms with Gasteiger partial charge in [0.25, 0.3) is 5.91 Å². The lowest BCUT2D eigenvalue weighted by atomic mass is 10.1. The second-order valence-electron chi connectivity index (χ2n) is 7.50. The number of hydrogen-bond acceptors (Lipinski definition) is 4. The number of fused-ring (bicyclic) bond motifs is 1. The van der Waals surface area contributed by atoms with Crippen LogP contribution in [0, 0.1) is 0 Å². The third kappa shape index (κ3) is 5.50. The van der Waals surface area contributed by atoms with E-state index in [2.05, 4.69) is 26.7 Å². The number of hydrogen-bond donors (Lipinski definition) is 3. The second kappa shape index (κ2) is 10.8. The zero-order chi connectivity index (χ0) is 23.9.